The lowest BCUT2D eigenvalue weighted by Crippen LogP contribution is -2.12. The Labute approximate surface area is 177 Å². The van der Waals surface area contributed by atoms with Crippen molar-refractivity contribution in [3.63, 3.8) is 0 Å². The van der Waals surface area contributed by atoms with Gasteiger partial charge in [0.25, 0.3) is 10.0 Å². The van der Waals surface area contributed by atoms with Crippen molar-refractivity contribution in [2.75, 3.05) is 10.0 Å². The van der Waals surface area contributed by atoms with Gasteiger partial charge in [0.1, 0.15) is 0 Å². The highest BCUT2D eigenvalue weighted by molar-refractivity contribution is 7.92. The van der Waals surface area contributed by atoms with Gasteiger partial charge in [-0.25, -0.2) is 13.4 Å². The van der Waals surface area contributed by atoms with Gasteiger partial charge in [0.15, 0.2) is 5.13 Å². The summed E-state index contributed by atoms with van der Waals surface area (Å²) in [7, 11) is -3.67. The number of sulfonamides is 1. The first kappa shape index (κ1) is 19.4. The van der Waals surface area contributed by atoms with Crippen molar-refractivity contribution in [1.29, 1.82) is 0 Å². The van der Waals surface area contributed by atoms with E-state index >= 15 is 0 Å². The summed E-state index contributed by atoms with van der Waals surface area (Å²) in [5.41, 5.74) is 3.13. The van der Waals surface area contributed by atoms with Crippen LogP contribution in [0.5, 0.6) is 0 Å². The average Bonchev–Trinajstić information content (AvgIpc) is 3.19. The molecule has 4 aromatic rings. The number of benzene rings is 2. The Balaban J connectivity index is 1.44. The number of anilines is 3. The Morgan fingerprint density at radius 1 is 0.862 bits per heavy atom. The molecule has 29 heavy (non-hydrogen) atoms. The second-order valence-electron chi connectivity index (χ2n) is 6.04. The molecule has 9 heteroatoms. The molecule has 0 amide bonds. The van der Waals surface area contributed by atoms with Gasteiger partial charge in [-0.2, -0.15) is 0 Å². The third kappa shape index (κ3) is 4.73. The smallest absolute Gasteiger partial charge is 0.261 e. The maximum Gasteiger partial charge on any atom is 0.261 e. The predicted octanol–water partition coefficient (Wildman–Crippen LogP) is 5.40. The van der Waals surface area contributed by atoms with Crippen LogP contribution in [0, 0.1) is 0 Å². The summed E-state index contributed by atoms with van der Waals surface area (Å²) in [5.74, 6) is 0. The van der Waals surface area contributed by atoms with Crippen molar-refractivity contribution < 1.29 is 8.42 Å². The fourth-order valence-electron chi connectivity index (χ4n) is 2.56. The molecule has 2 aromatic carbocycles. The fraction of sp³-hybridized carbons (Fsp3) is 0. The van der Waals surface area contributed by atoms with Gasteiger partial charge in [0, 0.05) is 39.7 Å². The van der Waals surface area contributed by atoms with Crippen LogP contribution in [0.1, 0.15) is 0 Å². The van der Waals surface area contributed by atoms with E-state index in [4.69, 9.17) is 11.6 Å². The molecule has 2 aromatic heterocycles. The number of hydrogen-bond acceptors (Lipinski definition) is 6. The molecule has 0 saturated heterocycles. The van der Waals surface area contributed by atoms with Crippen LogP contribution in [-0.4, -0.2) is 18.4 Å². The molecule has 0 spiro atoms. The Bertz CT molecular complexity index is 1210. The summed E-state index contributed by atoms with van der Waals surface area (Å²) in [4.78, 5) is 8.72. The number of hydrogen-bond donors (Lipinski definition) is 2. The molecule has 0 aliphatic heterocycles. The van der Waals surface area contributed by atoms with E-state index in [0.29, 0.717) is 10.7 Å². The fourth-order valence-corrected chi connectivity index (χ4v) is 4.48. The largest absolute Gasteiger partial charge is 0.332 e. The number of thiazole rings is 1. The lowest BCUT2D eigenvalue weighted by atomic mass is 10.2. The quantitative estimate of drug-likeness (QED) is 0.417. The minimum absolute atomic E-state index is 0.149. The maximum atomic E-state index is 12.4. The van der Waals surface area contributed by atoms with Gasteiger partial charge in [0.05, 0.1) is 10.6 Å². The van der Waals surface area contributed by atoms with E-state index in [2.05, 4.69) is 20.0 Å². The Morgan fingerprint density at radius 3 is 2.21 bits per heavy atom. The number of aromatic nitrogens is 2. The molecule has 0 radical (unpaired) electrons. The van der Waals surface area contributed by atoms with Crippen molar-refractivity contribution in [2.24, 2.45) is 0 Å². The minimum Gasteiger partial charge on any atom is -0.332 e. The van der Waals surface area contributed by atoms with Crippen LogP contribution in [-0.2, 0) is 10.0 Å². The highest BCUT2D eigenvalue weighted by Crippen LogP contribution is 2.27. The molecule has 2 heterocycles. The molecule has 0 saturated carbocycles. The number of nitrogens with one attached hydrogen (secondary N) is 2. The van der Waals surface area contributed by atoms with Gasteiger partial charge in [-0.3, -0.25) is 9.71 Å². The summed E-state index contributed by atoms with van der Waals surface area (Å²) in [6.45, 7) is 0. The van der Waals surface area contributed by atoms with Crippen molar-refractivity contribution >= 4 is 49.5 Å². The van der Waals surface area contributed by atoms with Crippen molar-refractivity contribution in [1.82, 2.24) is 9.97 Å². The normalized spacial score (nSPS) is 11.2. The topological polar surface area (TPSA) is 84.0 Å². The highest BCUT2D eigenvalue weighted by atomic mass is 35.5. The lowest BCUT2D eigenvalue weighted by molar-refractivity contribution is 0.601. The highest BCUT2D eigenvalue weighted by Gasteiger charge is 2.14. The van der Waals surface area contributed by atoms with Gasteiger partial charge >= 0.3 is 0 Å². The van der Waals surface area contributed by atoms with Crippen LogP contribution in [0.4, 0.5) is 16.5 Å². The summed E-state index contributed by atoms with van der Waals surface area (Å²) in [5, 5.41) is 6.41. The number of rotatable bonds is 6. The summed E-state index contributed by atoms with van der Waals surface area (Å²) >= 11 is 7.30. The van der Waals surface area contributed by atoms with E-state index in [1.54, 1.807) is 36.7 Å². The van der Waals surface area contributed by atoms with Gasteiger partial charge in [-0.1, -0.05) is 11.6 Å². The van der Waals surface area contributed by atoms with E-state index in [1.165, 1.54) is 35.6 Å². The zero-order valence-electron chi connectivity index (χ0n) is 14.9. The van der Waals surface area contributed by atoms with Crippen LogP contribution in [0.15, 0.2) is 83.3 Å². The molecule has 4 rings (SSSR count). The van der Waals surface area contributed by atoms with Crippen LogP contribution < -0.4 is 10.0 Å². The lowest BCUT2D eigenvalue weighted by Gasteiger charge is -2.09. The van der Waals surface area contributed by atoms with E-state index < -0.39 is 10.0 Å². The van der Waals surface area contributed by atoms with Crippen molar-refractivity contribution in [3.05, 3.63) is 83.5 Å². The second-order valence-corrected chi connectivity index (χ2v) is 9.01. The molecular weight excluding hydrogens is 428 g/mol. The summed E-state index contributed by atoms with van der Waals surface area (Å²) in [6.07, 6.45) is 3.46. The predicted molar refractivity (Wildman–Crippen MR) is 117 cm³/mol. The van der Waals surface area contributed by atoms with Crippen LogP contribution in [0.25, 0.3) is 11.3 Å². The first-order chi connectivity index (χ1) is 14.0. The van der Waals surface area contributed by atoms with E-state index in [-0.39, 0.29) is 4.90 Å². The van der Waals surface area contributed by atoms with Crippen LogP contribution in [0.2, 0.25) is 5.02 Å². The zero-order valence-corrected chi connectivity index (χ0v) is 17.3. The zero-order chi connectivity index (χ0) is 20.3. The average molecular weight is 443 g/mol. The SMILES string of the molecule is O=S(=O)(Nc1ccc(Nc2nc(-c3ccncc3)cs2)cc1)c1ccc(Cl)cc1. The Kier molecular flexibility index (Phi) is 5.48. The molecule has 0 aliphatic carbocycles. The molecule has 146 valence electrons. The number of halogens is 1. The molecule has 0 bridgehead atoms. The minimum atomic E-state index is -3.67. The van der Waals surface area contributed by atoms with E-state index in [9.17, 15) is 8.42 Å². The first-order valence-electron chi connectivity index (χ1n) is 8.51. The Hall–Kier alpha value is -2.94. The van der Waals surface area contributed by atoms with Gasteiger partial charge < -0.3 is 5.32 Å². The summed E-state index contributed by atoms with van der Waals surface area (Å²) in [6, 6.07) is 16.8. The molecule has 0 fully saturated rings. The monoisotopic (exact) mass is 442 g/mol. The molecule has 0 unspecified atom stereocenters. The molecular formula is C20H15ClN4O2S2. The second kappa shape index (κ2) is 8.20. The molecule has 0 atom stereocenters. The molecule has 6 nitrogen and oxygen atoms in total. The maximum absolute atomic E-state index is 12.4. The van der Waals surface area contributed by atoms with E-state index in [0.717, 1.165) is 22.1 Å². The van der Waals surface area contributed by atoms with Crippen molar-refractivity contribution in [2.45, 2.75) is 4.90 Å². The third-order valence-corrected chi connectivity index (χ3v) is 6.40. The van der Waals surface area contributed by atoms with Gasteiger partial charge in [-0.05, 0) is 60.7 Å². The summed E-state index contributed by atoms with van der Waals surface area (Å²) < 4.78 is 27.4. The van der Waals surface area contributed by atoms with Crippen LogP contribution in [0.3, 0.4) is 0 Å². The van der Waals surface area contributed by atoms with Crippen molar-refractivity contribution in [3.8, 4) is 11.3 Å². The number of pyridine rings is 1. The number of nitrogens with zero attached hydrogens (tertiary/aromatic N) is 2. The first-order valence-corrected chi connectivity index (χ1v) is 11.3. The third-order valence-electron chi connectivity index (χ3n) is 3.99. The Morgan fingerprint density at radius 2 is 1.52 bits per heavy atom. The molecule has 0 aliphatic rings. The van der Waals surface area contributed by atoms with Gasteiger partial charge in [0.2, 0.25) is 0 Å². The van der Waals surface area contributed by atoms with Gasteiger partial charge in [-0.15, -0.1) is 11.3 Å². The standard InChI is InChI=1S/C20H15ClN4O2S2/c21-15-1-7-18(8-2-15)29(26,27)25-17-5-3-16(4-6-17)23-20-24-19(13-28-20)14-9-11-22-12-10-14/h1-13,25H,(H,23,24). The van der Waals surface area contributed by atoms with E-state index in [1.807, 2.05) is 17.5 Å². The van der Waals surface area contributed by atoms with Crippen LogP contribution >= 0.6 is 22.9 Å². The molecule has 2 N–H and O–H groups in total.